The van der Waals surface area contributed by atoms with Crippen molar-refractivity contribution in [3.8, 4) is 0 Å². The monoisotopic (exact) mass is 275 g/mol. The minimum absolute atomic E-state index is 0.116. The predicted octanol–water partition coefficient (Wildman–Crippen LogP) is 2.59. The van der Waals surface area contributed by atoms with Gasteiger partial charge in [0, 0.05) is 16.2 Å². The molecule has 0 amide bonds. The molecule has 1 N–H and O–H groups in total. The second-order valence-electron chi connectivity index (χ2n) is 3.62. The SMILES string of the molecule is O=C(OF)c1c[nH]c2cccc(C(F)(F)F)c2c1=O. The maximum atomic E-state index is 12.8. The minimum atomic E-state index is -4.77. The van der Waals surface area contributed by atoms with Crippen LogP contribution in [-0.4, -0.2) is 11.0 Å². The number of benzene rings is 1. The number of rotatable bonds is 1. The first-order valence-corrected chi connectivity index (χ1v) is 4.90. The molecule has 0 unspecified atom stereocenters. The van der Waals surface area contributed by atoms with E-state index in [1.54, 1.807) is 0 Å². The summed E-state index contributed by atoms with van der Waals surface area (Å²) < 4.78 is 50.1. The lowest BCUT2D eigenvalue weighted by atomic mass is 10.1. The Hall–Kier alpha value is -2.38. The van der Waals surface area contributed by atoms with Crippen molar-refractivity contribution in [1.29, 1.82) is 0 Å². The van der Waals surface area contributed by atoms with Crippen LogP contribution >= 0.6 is 0 Å². The zero-order valence-electron chi connectivity index (χ0n) is 9.05. The van der Waals surface area contributed by atoms with Gasteiger partial charge in [-0.1, -0.05) is 6.07 Å². The summed E-state index contributed by atoms with van der Waals surface area (Å²) in [6.45, 7) is 0. The van der Waals surface area contributed by atoms with Crippen molar-refractivity contribution in [2.45, 2.75) is 6.18 Å². The first kappa shape index (κ1) is 13.1. The van der Waals surface area contributed by atoms with Gasteiger partial charge >= 0.3 is 12.1 Å². The molecule has 100 valence electrons. The zero-order chi connectivity index (χ0) is 14.2. The van der Waals surface area contributed by atoms with E-state index in [0.29, 0.717) is 6.07 Å². The highest BCUT2D eigenvalue weighted by Crippen LogP contribution is 2.32. The molecule has 0 radical (unpaired) electrons. The maximum Gasteiger partial charge on any atom is 0.417 e. The molecule has 0 aliphatic carbocycles. The van der Waals surface area contributed by atoms with Gasteiger partial charge in [0.2, 0.25) is 5.43 Å². The van der Waals surface area contributed by atoms with Gasteiger partial charge in [0.25, 0.3) is 0 Å². The molecule has 0 aliphatic rings. The summed E-state index contributed by atoms with van der Waals surface area (Å²) in [5.41, 5.74) is -3.41. The standard InChI is InChI=1S/C11H5F4NO3/c12-11(13,14)6-2-1-3-7-8(6)9(17)5(4-16-7)10(18)19-15/h1-4H,(H,16,17). The Morgan fingerprint density at radius 3 is 2.53 bits per heavy atom. The van der Waals surface area contributed by atoms with E-state index in [9.17, 15) is 27.3 Å². The summed E-state index contributed by atoms with van der Waals surface area (Å²) in [7, 11) is 0. The molecule has 8 heteroatoms. The van der Waals surface area contributed by atoms with Crippen LogP contribution in [0.2, 0.25) is 0 Å². The van der Waals surface area contributed by atoms with Crippen LogP contribution in [0.3, 0.4) is 0 Å². The van der Waals surface area contributed by atoms with Crippen molar-refractivity contribution in [3.05, 3.63) is 45.7 Å². The Morgan fingerprint density at radius 1 is 1.26 bits per heavy atom. The largest absolute Gasteiger partial charge is 0.417 e. The molecular weight excluding hydrogens is 270 g/mol. The van der Waals surface area contributed by atoms with E-state index in [0.717, 1.165) is 12.3 Å². The number of carbonyl (C=O) groups excluding carboxylic acids is 1. The third-order valence-corrected chi connectivity index (χ3v) is 2.50. The van der Waals surface area contributed by atoms with E-state index in [2.05, 4.69) is 9.93 Å². The van der Waals surface area contributed by atoms with Crippen molar-refractivity contribution >= 4 is 16.9 Å². The van der Waals surface area contributed by atoms with Crippen LogP contribution < -0.4 is 5.43 Å². The Bertz CT molecular complexity index is 705. The molecule has 0 spiro atoms. The van der Waals surface area contributed by atoms with Gasteiger partial charge in [-0.15, -0.1) is 0 Å². The Morgan fingerprint density at radius 2 is 1.95 bits per heavy atom. The molecule has 1 aromatic heterocycles. The number of hydrogen-bond donors (Lipinski definition) is 1. The van der Waals surface area contributed by atoms with Crippen molar-refractivity contribution in [2.24, 2.45) is 0 Å². The first-order valence-electron chi connectivity index (χ1n) is 4.90. The van der Waals surface area contributed by atoms with Crippen LogP contribution in [0.4, 0.5) is 17.7 Å². The quantitative estimate of drug-likeness (QED) is 0.814. The highest BCUT2D eigenvalue weighted by atomic mass is 19.4. The lowest BCUT2D eigenvalue weighted by Gasteiger charge is -2.09. The number of pyridine rings is 1. The third-order valence-electron chi connectivity index (χ3n) is 2.50. The average molecular weight is 275 g/mol. The summed E-state index contributed by atoms with van der Waals surface area (Å²) in [6.07, 6.45) is -3.97. The van der Waals surface area contributed by atoms with Gasteiger partial charge in [-0.25, -0.2) is 9.74 Å². The van der Waals surface area contributed by atoms with Gasteiger partial charge in [-0.3, -0.25) is 4.79 Å². The number of carbonyl (C=O) groups is 1. The van der Waals surface area contributed by atoms with Crippen LogP contribution in [0, 0.1) is 0 Å². The molecule has 1 aromatic carbocycles. The van der Waals surface area contributed by atoms with Crippen LogP contribution in [0.25, 0.3) is 10.9 Å². The fourth-order valence-corrected chi connectivity index (χ4v) is 1.70. The van der Waals surface area contributed by atoms with Gasteiger partial charge in [0.05, 0.1) is 10.9 Å². The molecule has 0 atom stereocenters. The van der Waals surface area contributed by atoms with E-state index >= 15 is 0 Å². The zero-order valence-corrected chi connectivity index (χ0v) is 9.05. The van der Waals surface area contributed by atoms with Crippen molar-refractivity contribution in [3.63, 3.8) is 0 Å². The average Bonchev–Trinajstić information content (AvgIpc) is 2.36. The Labute approximate surface area is 102 Å². The predicted molar refractivity (Wildman–Crippen MR) is 56.1 cm³/mol. The number of nitrogens with one attached hydrogen (secondary N) is 1. The van der Waals surface area contributed by atoms with Crippen molar-refractivity contribution < 1.29 is 27.4 Å². The van der Waals surface area contributed by atoms with Crippen molar-refractivity contribution in [1.82, 2.24) is 4.98 Å². The number of hydrogen-bond acceptors (Lipinski definition) is 3. The highest BCUT2D eigenvalue weighted by Gasteiger charge is 2.34. The van der Waals surface area contributed by atoms with Gasteiger partial charge in [-0.2, -0.15) is 13.2 Å². The normalized spacial score (nSPS) is 11.6. The van der Waals surface area contributed by atoms with E-state index < -0.39 is 34.1 Å². The Balaban J connectivity index is 2.88. The molecule has 2 aromatic rings. The highest BCUT2D eigenvalue weighted by molar-refractivity contribution is 5.94. The Kier molecular flexibility index (Phi) is 3.01. The van der Waals surface area contributed by atoms with Crippen LogP contribution in [0.15, 0.2) is 29.2 Å². The smallest absolute Gasteiger partial charge is 0.360 e. The minimum Gasteiger partial charge on any atom is -0.360 e. The maximum absolute atomic E-state index is 12.8. The van der Waals surface area contributed by atoms with E-state index in [1.165, 1.54) is 6.07 Å². The topological polar surface area (TPSA) is 59.2 Å². The number of halogens is 4. The molecule has 0 saturated heterocycles. The van der Waals surface area contributed by atoms with Crippen molar-refractivity contribution in [2.75, 3.05) is 0 Å². The number of aromatic amines is 1. The summed E-state index contributed by atoms with van der Waals surface area (Å²) >= 11 is 0. The van der Waals surface area contributed by atoms with E-state index in [4.69, 9.17) is 0 Å². The number of H-pyrrole nitrogens is 1. The number of fused-ring (bicyclic) bond motifs is 1. The lowest BCUT2D eigenvalue weighted by Crippen LogP contribution is -2.19. The molecule has 2 rings (SSSR count). The van der Waals surface area contributed by atoms with Gasteiger partial charge in [0.1, 0.15) is 5.56 Å². The lowest BCUT2D eigenvalue weighted by molar-refractivity contribution is -0.136. The number of aromatic nitrogens is 1. The van der Waals surface area contributed by atoms with Gasteiger partial charge in [0.15, 0.2) is 0 Å². The number of alkyl halides is 3. The second-order valence-corrected chi connectivity index (χ2v) is 3.62. The molecule has 0 saturated carbocycles. The summed E-state index contributed by atoms with van der Waals surface area (Å²) in [4.78, 5) is 27.9. The second kappa shape index (κ2) is 4.38. The summed E-state index contributed by atoms with van der Waals surface area (Å²) in [5, 5.41) is -0.738. The summed E-state index contributed by atoms with van der Waals surface area (Å²) in [5.74, 6) is -1.65. The molecule has 0 fully saturated rings. The van der Waals surface area contributed by atoms with Crippen LogP contribution in [0.1, 0.15) is 15.9 Å². The molecular formula is C11H5F4NO3. The summed E-state index contributed by atoms with van der Waals surface area (Å²) in [6, 6.07) is 3.03. The molecule has 0 aliphatic heterocycles. The van der Waals surface area contributed by atoms with Crippen LogP contribution in [0.5, 0.6) is 0 Å². The molecule has 19 heavy (non-hydrogen) atoms. The van der Waals surface area contributed by atoms with E-state index in [-0.39, 0.29) is 5.52 Å². The molecule has 0 bridgehead atoms. The fourth-order valence-electron chi connectivity index (χ4n) is 1.70. The molecule has 4 nitrogen and oxygen atoms in total. The van der Waals surface area contributed by atoms with Crippen LogP contribution in [-0.2, 0) is 11.1 Å². The van der Waals surface area contributed by atoms with Gasteiger partial charge in [-0.05, 0) is 12.1 Å². The molecule has 1 heterocycles. The fraction of sp³-hybridized carbons (Fsp3) is 0.0909. The first-order chi connectivity index (χ1) is 8.86. The van der Waals surface area contributed by atoms with E-state index in [1.807, 2.05) is 0 Å². The third kappa shape index (κ3) is 2.16. The van der Waals surface area contributed by atoms with Gasteiger partial charge < -0.3 is 4.98 Å².